The molecule has 1 aromatic rings. The predicted molar refractivity (Wildman–Crippen MR) is 71.0 cm³/mol. The first-order valence-electron chi connectivity index (χ1n) is 6.18. The van der Waals surface area contributed by atoms with Gasteiger partial charge in [-0.1, -0.05) is 6.92 Å². The molecule has 1 fully saturated rings. The van der Waals surface area contributed by atoms with Gasteiger partial charge in [0.25, 0.3) is 0 Å². The zero-order valence-corrected chi connectivity index (χ0v) is 11.4. The first kappa shape index (κ1) is 13.3. The molecule has 18 heavy (non-hydrogen) atoms. The third-order valence-electron chi connectivity index (χ3n) is 3.26. The second kappa shape index (κ2) is 5.67. The van der Waals surface area contributed by atoms with Gasteiger partial charge in [0.05, 0.1) is 12.6 Å². The van der Waals surface area contributed by atoms with Crippen molar-refractivity contribution in [1.29, 1.82) is 0 Å². The number of hydrogen-bond acceptors (Lipinski definition) is 6. The van der Waals surface area contributed by atoms with Crippen LogP contribution in [0.15, 0.2) is 0 Å². The van der Waals surface area contributed by atoms with Crippen molar-refractivity contribution < 1.29 is 5.11 Å². The minimum absolute atomic E-state index is 0.0537. The van der Waals surface area contributed by atoms with E-state index in [1.54, 1.807) is 0 Å². The van der Waals surface area contributed by atoms with E-state index in [0.29, 0.717) is 17.8 Å². The number of halogens is 1. The largest absolute Gasteiger partial charge is 0.394 e. The topological polar surface area (TPSA) is 74.2 Å². The summed E-state index contributed by atoms with van der Waals surface area (Å²) in [7, 11) is 0. The zero-order valence-electron chi connectivity index (χ0n) is 10.6. The van der Waals surface area contributed by atoms with E-state index in [4.69, 9.17) is 11.6 Å². The molecule has 1 aromatic heterocycles. The number of aliphatic hydroxyl groups excluding tert-OH is 1. The Balaban J connectivity index is 2.27. The van der Waals surface area contributed by atoms with Crippen LogP contribution in [0, 0.1) is 5.92 Å². The standard InChI is InChI=1S/C11H18ClN5O/c1-3-13-10-14-9(12)15-11(16-10)17-5-4-7(2)8(17)6-18/h7-8,18H,3-6H2,1-2H3,(H,13,14,15,16). The second-order valence-corrected chi connectivity index (χ2v) is 4.81. The quantitative estimate of drug-likeness (QED) is 0.856. The van der Waals surface area contributed by atoms with Crippen LogP contribution in [0.4, 0.5) is 11.9 Å². The van der Waals surface area contributed by atoms with E-state index in [-0.39, 0.29) is 17.9 Å². The van der Waals surface area contributed by atoms with Gasteiger partial charge in [-0.25, -0.2) is 0 Å². The van der Waals surface area contributed by atoms with E-state index in [1.165, 1.54) is 0 Å². The predicted octanol–water partition coefficient (Wildman–Crippen LogP) is 1.16. The smallest absolute Gasteiger partial charge is 0.231 e. The molecule has 6 nitrogen and oxygen atoms in total. The van der Waals surface area contributed by atoms with E-state index < -0.39 is 0 Å². The van der Waals surface area contributed by atoms with Crippen molar-refractivity contribution in [3.05, 3.63) is 5.28 Å². The maximum absolute atomic E-state index is 9.45. The van der Waals surface area contributed by atoms with Crippen molar-refractivity contribution in [2.24, 2.45) is 5.92 Å². The lowest BCUT2D eigenvalue weighted by molar-refractivity contribution is 0.244. The van der Waals surface area contributed by atoms with Gasteiger partial charge in [0.15, 0.2) is 0 Å². The molecule has 0 spiro atoms. The Kier molecular flexibility index (Phi) is 4.19. The molecule has 2 heterocycles. The molecule has 0 aliphatic carbocycles. The fourth-order valence-corrected chi connectivity index (χ4v) is 2.40. The summed E-state index contributed by atoms with van der Waals surface area (Å²) in [5, 5.41) is 12.6. The summed E-state index contributed by atoms with van der Waals surface area (Å²) in [6.07, 6.45) is 1.02. The van der Waals surface area contributed by atoms with Gasteiger partial charge < -0.3 is 15.3 Å². The first-order chi connectivity index (χ1) is 8.65. The molecule has 0 bridgehead atoms. The lowest BCUT2D eigenvalue weighted by atomic mass is 10.0. The zero-order chi connectivity index (χ0) is 13.1. The average Bonchev–Trinajstić information content (AvgIpc) is 2.70. The molecule has 0 radical (unpaired) electrons. The summed E-state index contributed by atoms with van der Waals surface area (Å²) in [4.78, 5) is 14.5. The van der Waals surface area contributed by atoms with Gasteiger partial charge in [-0.05, 0) is 30.9 Å². The van der Waals surface area contributed by atoms with E-state index in [0.717, 1.165) is 19.5 Å². The van der Waals surface area contributed by atoms with Crippen LogP contribution in [0.25, 0.3) is 0 Å². The summed E-state index contributed by atoms with van der Waals surface area (Å²) in [5.74, 6) is 1.44. The van der Waals surface area contributed by atoms with Gasteiger partial charge >= 0.3 is 0 Å². The van der Waals surface area contributed by atoms with Gasteiger partial charge in [0.2, 0.25) is 17.2 Å². The molecule has 0 saturated carbocycles. The van der Waals surface area contributed by atoms with Crippen LogP contribution in [0.1, 0.15) is 20.3 Å². The lowest BCUT2D eigenvalue weighted by Gasteiger charge is -2.25. The van der Waals surface area contributed by atoms with Crippen molar-refractivity contribution in [1.82, 2.24) is 15.0 Å². The highest BCUT2D eigenvalue weighted by molar-refractivity contribution is 6.28. The van der Waals surface area contributed by atoms with Crippen LogP contribution in [0.5, 0.6) is 0 Å². The molecule has 2 atom stereocenters. The van der Waals surface area contributed by atoms with Gasteiger partial charge in [-0.15, -0.1) is 0 Å². The number of nitrogens with one attached hydrogen (secondary N) is 1. The van der Waals surface area contributed by atoms with E-state index >= 15 is 0 Å². The third kappa shape index (κ3) is 2.64. The average molecular weight is 272 g/mol. The van der Waals surface area contributed by atoms with Crippen LogP contribution >= 0.6 is 11.6 Å². The molecular formula is C11H18ClN5O. The van der Waals surface area contributed by atoms with Crippen molar-refractivity contribution >= 4 is 23.5 Å². The Bertz CT molecular complexity index is 416. The monoisotopic (exact) mass is 271 g/mol. The van der Waals surface area contributed by atoms with Crippen LogP contribution in [0.2, 0.25) is 5.28 Å². The minimum atomic E-state index is 0.0537. The highest BCUT2D eigenvalue weighted by Crippen LogP contribution is 2.27. The molecule has 0 amide bonds. The Morgan fingerprint density at radius 1 is 1.44 bits per heavy atom. The van der Waals surface area contributed by atoms with Crippen LogP contribution in [0.3, 0.4) is 0 Å². The number of rotatable bonds is 4. The van der Waals surface area contributed by atoms with Gasteiger partial charge in [0, 0.05) is 13.1 Å². The molecular weight excluding hydrogens is 254 g/mol. The number of aliphatic hydroxyl groups is 1. The highest BCUT2D eigenvalue weighted by Gasteiger charge is 2.32. The van der Waals surface area contributed by atoms with Crippen LogP contribution < -0.4 is 10.2 Å². The van der Waals surface area contributed by atoms with Gasteiger partial charge in [-0.2, -0.15) is 15.0 Å². The normalized spacial score (nSPS) is 23.4. The fraction of sp³-hybridized carbons (Fsp3) is 0.727. The molecule has 1 aliphatic heterocycles. The Labute approximate surface area is 111 Å². The second-order valence-electron chi connectivity index (χ2n) is 4.47. The summed E-state index contributed by atoms with van der Waals surface area (Å²) in [6, 6.07) is 0.0537. The molecule has 1 aliphatic rings. The third-order valence-corrected chi connectivity index (χ3v) is 3.43. The molecule has 100 valence electrons. The van der Waals surface area contributed by atoms with Crippen molar-refractivity contribution in [3.63, 3.8) is 0 Å². The van der Waals surface area contributed by atoms with Crippen LogP contribution in [-0.4, -0.2) is 45.8 Å². The highest BCUT2D eigenvalue weighted by atomic mass is 35.5. The molecule has 0 aromatic carbocycles. The van der Waals surface area contributed by atoms with Crippen LogP contribution in [-0.2, 0) is 0 Å². The Morgan fingerprint density at radius 3 is 2.89 bits per heavy atom. The van der Waals surface area contributed by atoms with E-state index in [9.17, 15) is 5.11 Å². The SMILES string of the molecule is CCNc1nc(Cl)nc(N2CCC(C)C2CO)n1. The summed E-state index contributed by atoms with van der Waals surface area (Å²) in [6.45, 7) is 5.74. The molecule has 2 N–H and O–H groups in total. The number of aromatic nitrogens is 3. The van der Waals surface area contributed by atoms with E-state index in [2.05, 4.69) is 27.2 Å². The lowest BCUT2D eigenvalue weighted by Crippen LogP contribution is -2.36. The van der Waals surface area contributed by atoms with Crippen molar-refractivity contribution in [3.8, 4) is 0 Å². The fourth-order valence-electron chi connectivity index (χ4n) is 2.24. The molecule has 2 rings (SSSR count). The van der Waals surface area contributed by atoms with Gasteiger partial charge in [0.1, 0.15) is 0 Å². The Hall–Kier alpha value is -1.14. The summed E-state index contributed by atoms with van der Waals surface area (Å²) in [5.41, 5.74) is 0. The minimum Gasteiger partial charge on any atom is -0.394 e. The molecule has 7 heteroatoms. The first-order valence-corrected chi connectivity index (χ1v) is 6.56. The summed E-state index contributed by atoms with van der Waals surface area (Å²) < 4.78 is 0. The van der Waals surface area contributed by atoms with Crippen molar-refractivity contribution in [2.45, 2.75) is 26.3 Å². The Morgan fingerprint density at radius 2 is 2.22 bits per heavy atom. The number of anilines is 2. The van der Waals surface area contributed by atoms with Gasteiger partial charge in [-0.3, -0.25) is 0 Å². The summed E-state index contributed by atoms with van der Waals surface area (Å²) >= 11 is 5.90. The maximum Gasteiger partial charge on any atom is 0.231 e. The number of hydrogen-bond donors (Lipinski definition) is 2. The van der Waals surface area contributed by atoms with E-state index in [1.807, 2.05) is 11.8 Å². The maximum atomic E-state index is 9.45. The molecule has 2 unspecified atom stereocenters. The number of nitrogens with zero attached hydrogens (tertiary/aromatic N) is 4. The molecule has 1 saturated heterocycles. The van der Waals surface area contributed by atoms with Crippen molar-refractivity contribution in [2.75, 3.05) is 29.9 Å².